The van der Waals surface area contributed by atoms with Gasteiger partial charge in [0.1, 0.15) is 0 Å². The van der Waals surface area contributed by atoms with E-state index in [0.717, 1.165) is 40.7 Å². The molecule has 6 heteroatoms. The predicted octanol–water partition coefficient (Wildman–Crippen LogP) is 4.37. The molecule has 0 saturated carbocycles. The summed E-state index contributed by atoms with van der Waals surface area (Å²) in [5.74, 6) is 0.0208. The Bertz CT molecular complexity index is 1340. The van der Waals surface area contributed by atoms with E-state index in [1.165, 1.54) is 0 Å². The van der Waals surface area contributed by atoms with E-state index in [2.05, 4.69) is 10.2 Å². The number of rotatable bonds is 6. The zero-order valence-electron chi connectivity index (χ0n) is 20.3. The topological polar surface area (TPSA) is 65.5 Å². The first-order valence-corrected chi connectivity index (χ1v) is 12.4. The Hall–Kier alpha value is -4.03. The van der Waals surface area contributed by atoms with Crippen LogP contribution >= 0.6 is 0 Å². The number of hydrogen-bond donors (Lipinski definition) is 1. The summed E-state index contributed by atoms with van der Waals surface area (Å²) in [6.45, 7) is 3.57. The second-order valence-electron chi connectivity index (χ2n) is 9.12. The summed E-state index contributed by atoms with van der Waals surface area (Å²) in [6.07, 6.45) is 0.826. The van der Waals surface area contributed by atoms with Crippen LogP contribution in [0.4, 0.5) is 0 Å². The van der Waals surface area contributed by atoms with E-state index in [0.29, 0.717) is 38.3 Å². The lowest BCUT2D eigenvalue weighted by molar-refractivity contribution is -0.122. The molecule has 1 aromatic heterocycles. The molecule has 0 atom stereocenters. The standard InChI is InChI=1S/C30H30N4O2/c35-29(31-21-23-10-3-1-4-11-23)22-33-16-9-17-34(19-18-33)30(36)26-20-28(24-12-5-2-6-13-24)32-27-15-8-7-14-25(26)27/h1-8,10-15,20H,9,16-19,21-22H2,(H,31,35). The van der Waals surface area contributed by atoms with Gasteiger partial charge in [0.2, 0.25) is 5.91 Å². The van der Waals surface area contributed by atoms with Crippen LogP contribution in [0.15, 0.2) is 91.0 Å². The molecule has 1 aliphatic rings. The van der Waals surface area contributed by atoms with Crippen molar-refractivity contribution in [3.05, 3.63) is 102 Å². The molecule has 0 aliphatic carbocycles. The normalized spacial score (nSPS) is 14.4. The molecule has 1 fully saturated rings. The van der Waals surface area contributed by atoms with Crippen LogP contribution in [0.1, 0.15) is 22.3 Å². The highest BCUT2D eigenvalue weighted by Gasteiger charge is 2.23. The summed E-state index contributed by atoms with van der Waals surface area (Å²) in [7, 11) is 0. The molecule has 0 unspecified atom stereocenters. The van der Waals surface area contributed by atoms with Crippen molar-refractivity contribution < 1.29 is 9.59 Å². The third-order valence-electron chi connectivity index (χ3n) is 6.59. The van der Waals surface area contributed by atoms with Gasteiger partial charge in [-0.25, -0.2) is 4.98 Å². The summed E-state index contributed by atoms with van der Waals surface area (Å²) in [6, 6.07) is 29.6. The monoisotopic (exact) mass is 478 g/mol. The largest absolute Gasteiger partial charge is 0.351 e. The van der Waals surface area contributed by atoms with E-state index >= 15 is 0 Å². The summed E-state index contributed by atoms with van der Waals surface area (Å²) in [5.41, 5.74) is 4.35. The Labute approximate surface area is 211 Å². The Morgan fingerprint density at radius 1 is 0.806 bits per heavy atom. The van der Waals surface area contributed by atoms with Crippen molar-refractivity contribution in [1.29, 1.82) is 0 Å². The summed E-state index contributed by atoms with van der Waals surface area (Å²) in [4.78, 5) is 35.1. The molecule has 4 aromatic rings. The lowest BCUT2D eigenvalue weighted by Gasteiger charge is -2.22. The van der Waals surface area contributed by atoms with Crippen LogP contribution in [-0.2, 0) is 11.3 Å². The molecular weight excluding hydrogens is 448 g/mol. The van der Waals surface area contributed by atoms with E-state index in [1.807, 2.05) is 95.9 Å². The van der Waals surface area contributed by atoms with Crippen LogP contribution < -0.4 is 5.32 Å². The number of carbonyl (C=O) groups is 2. The number of aromatic nitrogens is 1. The minimum Gasteiger partial charge on any atom is -0.351 e. The molecule has 0 bridgehead atoms. The maximum absolute atomic E-state index is 13.7. The number of nitrogens with zero attached hydrogens (tertiary/aromatic N) is 3. The van der Waals surface area contributed by atoms with Gasteiger partial charge >= 0.3 is 0 Å². The average molecular weight is 479 g/mol. The number of pyridine rings is 1. The summed E-state index contributed by atoms with van der Waals surface area (Å²) < 4.78 is 0. The lowest BCUT2D eigenvalue weighted by Crippen LogP contribution is -2.40. The first kappa shape index (κ1) is 23.7. The Morgan fingerprint density at radius 2 is 1.53 bits per heavy atom. The minimum absolute atomic E-state index is 0.00580. The Kier molecular flexibility index (Phi) is 7.33. The fraction of sp³-hybridized carbons (Fsp3) is 0.233. The quantitative estimate of drug-likeness (QED) is 0.447. The van der Waals surface area contributed by atoms with Crippen LogP contribution in [0.25, 0.3) is 22.2 Å². The van der Waals surface area contributed by atoms with Gasteiger partial charge in [0.05, 0.1) is 23.3 Å². The molecule has 5 rings (SSSR count). The lowest BCUT2D eigenvalue weighted by atomic mass is 10.0. The third-order valence-corrected chi connectivity index (χ3v) is 6.59. The van der Waals surface area contributed by atoms with Crippen LogP contribution in [0.2, 0.25) is 0 Å². The molecule has 2 heterocycles. The second kappa shape index (κ2) is 11.1. The van der Waals surface area contributed by atoms with Gasteiger partial charge in [0.25, 0.3) is 5.91 Å². The smallest absolute Gasteiger partial charge is 0.254 e. The van der Waals surface area contributed by atoms with E-state index in [9.17, 15) is 9.59 Å². The van der Waals surface area contributed by atoms with Crippen molar-refractivity contribution in [3.63, 3.8) is 0 Å². The van der Waals surface area contributed by atoms with Gasteiger partial charge in [-0.2, -0.15) is 0 Å². The molecule has 1 saturated heterocycles. The van der Waals surface area contributed by atoms with Gasteiger partial charge in [-0.3, -0.25) is 14.5 Å². The SMILES string of the molecule is O=C(CN1CCCN(C(=O)c2cc(-c3ccccc3)nc3ccccc23)CC1)NCc1ccccc1. The van der Waals surface area contributed by atoms with Crippen molar-refractivity contribution >= 4 is 22.7 Å². The maximum Gasteiger partial charge on any atom is 0.254 e. The van der Waals surface area contributed by atoms with Gasteiger partial charge in [0.15, 0.2) is 0 Å². The molecule has 1 N–H and O–H groups in total. The van der Waals surface area contributed by atoms with Crippen LogP contribution in [0.3, 0.4) is 0 Å². The highest BCUT2D eigenvalue weighted by atomic mass is 16.2. The molecule has 0 radical (unpaired) electrons. The van der Waals surface area contributed by atoms with Gasteiger partial charge in [-0.1, -0.05) is 78.9 Å². The van der Waals surface area contributed by atoms with Crippen molar-refractivity contribution in [2.45, 2.75) is 13.0 Å². The minimum atomic E-state index is 0.00580. The first-order chi connectivity index (χ1) is 17.7. The van der Waals surface area contributed by atoms with Gasteiger partial charge in [0, 0.05) is 43.7 Å². The molecule has 2 amide bonds. The molecule has 1 aliphatic heterocycles. The van der Waals surface area contributed by atoms with Gasteiger partial charge in [-0.05, 0) is 24.1 Å². The molecule has 6 nitrogen and oxygen atoms in total. The van der Waals surface area contributed by atoms with Crippen molar-refractivity contribution in [3.8, 4) is 11.3 Å². The summed E-state index contributed by atoms with van der Waals surface area (Å²) >= 11 is 0. The Balaban J connectivity index is 1.27. The molecule has 0 spiro atoms. The van der Waals surface area contributed by atoms with E-state index in [-0.39, 0.29) is 11.8 Å². The summed E-state index contributed by atoms with van der Waals surface area (Å²) in [5, 5.41) is 3.86. The number of carbonyl (C=O) groups excluding carboxylic acids is 2. The zero-order chi connectivity index (χ0) is 24.7. The number of nitrogens with one attached hydrogen (secondary N) is 1. The van der Waals surface area contributed by atoms with Gasteiger partial charge in [-0.15, -0.1) is 0 Å². The van der Waals surface area contributed by atoms with Crippen molar-refractivity contribution in [1.82, 2.24) is 20.1 Å². The van der Waals surface area contributed by atoms with E-state index in [1.54, 1.807) is 0 Å². The Morgan fingerprint density at radius 3 is 2.33 bits per heavy atom. The van der Waals surface area contributed by atoms with Crippen molar-refractivity contribution in [2.75, 3.05) is 32.7 Å². The average Bonchev–Trinajstić information content (AvgIpc) is 3.17. The number of fused-ring (bicyclic) bond motifs is 1. The van der Waals surface area contributed by atoms with E-state index in [4.69, 9.17) is 4.98 Å². The van der Waals surface area contributed by atoms with Gasteiger partial charge < -0.3 is 10.2 Å². The molecule has 36 heavy (non-hydrogen) atoms. The predicted molar refractivity (Wildman–Crippen MR) is 142 cm³/mol. The number of amides is 2. The van der Waals surface area contributed by atoms with Crippen LogP contribution in [-0.4, -0.2) is 59.3 Å². The molecule has 3 aromatic carbocycles. The third kappa shape index (κ3) is 5.61. The highest BCUT2D eigenvalue weighted by molar-refractivity contribution is 6.07. The van der Waals surface area contributed by atoms with Crippen molar-refractivity contribution in [2.24, 2.45) is 0 Å². The highest BCUT2D eigenvalue weighted by Crippen LogP contribution is 2.26. The first-order valence-electron chi connectivity index (χ1n) is 12.4. The number of para-hydroxylation sites is 1. The maximum atomic E-state index is 13.7. The molecule has 182 valence electrons. The second-order valence-corrected chi connectivity index (χ2v) is 9.12. The fourth-order valence-electron chi connectivity index (χ4n) is 4.67. The zero-order valence-corrected chi connectivity index (χ0v) is 20.3. The van der Waals surface area contributed by atoms with Crippen LogP contribution in [0.5, 0.6) is 0 Å². The molecular formula is C30H30N4O2. The number of hydrogen-bond acceptors (Lipinski definition) is 4. The fourth-order valence-corrected chi connectivity index (χ4v) is 4.67. The van der Waals surface area contributed by atoms with E-state index < -0.39 is 0 Å². The van der Waals surface area contributed by atoms with Crippen LogP contribution in [0, 0.1) is 0 Å². The number of benzene rings is 3.